The lowest BCUT2D eigenvalue weighted by atomic mass is 10.1. The standard InChI is InChI=1S/C21H25N5O4/c1-24(2)20(27)15-3-4-17-14(11-15)5-10-26(17)18-12-19(23-13-22-18)30-16-6-8-25(9-7-16)21(28)29/h3-4,11-13,16H,5-10H2,1-2H3,(H,28,29). The Bertz CT molecular complexity index is 956. The van der Waals surface area contributed by atoms with Gasteiger partial charge in [-0.3, -0.25) is 4.79 Å². The van der Waals surface area contributed by atoms with Gasteiger partial charge >= 0.3 is 6.09 Å². The van der Waals surface area contributed by atoms with Crippen molar-refractivity contribution in [2.24, 2.45) is 0 Å². The average molecular weight is 411 g/mol. The van der Waals surface area contributed by atoms with Crippen LogP contribution < -0.4 is 9.64 Å². The van der Waals surface area contributed by atoms with Crippen molar-refractivity contribution in [2.75, 3.05) is 38.6 Å². The molecule has 158 valence electrons. The van der Waals surface area contributed by atoms with Crippen LogP contribution in [0.4, 0.5) is 16.3 Å². The van der Waals surface area contributed by atoms with Crippen LogP contribution in [0.15, 0.2) is 30.6 Å². The Kier molecular flexibility index (Phi) is 5.43. The number of fused-ring (bicyclic) bond motifs is 1. The fourth-order valence-corrected chi connectivity index (χ4v) is 3.91. The molecular formula is C21H25N5O4. The normalized spacial score (nSPS) is 16.3. The molecule has 9 nitrogen and oxygen atoms in total. The molecule has 30 heavy (non-hydrogen) atoms. The number of ether oxygens (including phenoxy) is 1. The Hall–Kier alpha value is -3.36. The summed E-state index contributed by atoms with van der Waals surface area (Å²) in [5, 5.41) is 9.06. The maximum absolute atomic E-state index is 12.2. The second kappa shape index (κ2) is 8.17. The maximum Gasteiger partial charge on any atom is 0.407 e. The van der Waals surface area contributed by atoms with E-state index < -0.39 is 6.09 Å². The summed E-state index contributed by atoms with van der Waals surface area (Å²) in [4.78, 5) is 37.0. The van der Waals surface area contributed by atoms with Crippen LogP contribution in [0.3, 0.4) is 0 Å². The van der Waals surface area contributed by atoms with Gasteiger partial charge in [-0.2, -0.15) is 0 Å². The average Bonchev–Trinajstić information content (AvgIpc) is 3.17. The zero-order chi connectivity index (χ0) is 21.3. The van der Waals surface area contributed by atoms with E-state index in [0.717, 1.165) is 30.0 Å². The quantitative estimate of drug-likeness (QED) is 0.825. The molecule has 1 N–H and O–H groups in total. The predicted octanol–water partition coefficient (Wildman–Crippen LogP) is 2.39. The van der Waals surface area contributed by atoms with Gasteiger partial charge in [-0.25, -0.2) is 14.8 Å². The van der Waals surface area contributed by atoms with Gasteiger partial charge in [-0.1, -0.05) is 0 Å². The zero-order valence-electron chi connectivity index (χ0n) is 17.1. The van der Waals surface area contributed by atoms with Gasteiger partial charge < -0.3 is 24.5 Å². The Morgan fingerprint density at radius 2 is 1.90 bits per heavy atom. The van der Waals surface area contributed by atoms with Crippen molar-refractivity contribution >= 4 is 23.5 Å². The molecule has 4 rings (SSSR count). The van der Waals surface area contributed by atoms with E-state index in [1.165, 1.54) is 11.2 Å². The number of carbonyl (C=O) groups excluding carboxylic acids is 1. The molecule has 2 aromatic rings. The lowest BCUT2D eigenvalue weighted by Crippen LogP contribution is -2.41. The molecule has 0 spiro atoms. The highest BCUT2D eigenvalue weighted by atomic mass is 16.5. The molecule has 0 radical (unpaired) electrons. The third-order valence-electron chi connectivity index (χ3n) is 5.53. The first-order valence-electron chi connectivity index (χ1n) is 10.0. The second-order valence-corrected chi connectivity index (χ2v) is 7.75. The lowest BCUT2D eigenvalue weighted by Gasteiger charge is -2.30. The molecular weight excluding hydrogens is 386 g/mol. The van der Waals surface area contributed by atoms with Gasteiger partial charge in [0.2, 0.25) is 5.88 Å². The van der Waals surface area contributed by atoms with E-state index in [9.17, 15) is 9.59 Å². The van der Waals surface area contributed by atoms with Crippen molar-refractivity contribution in [1.29, 1.82) is 0 Å². The number of rotatable bonds is 4. The second-order valence-electron chi connectivity index (χ2n) is 7.75. The summed E-state index contributed by atoms with van der Waals surface area (Å²) in [5.41, 5.74) is 2.83. The van der Waals surface area contributed by atoms with E-state index in [4.69, 9.17) is 9.84 Å². The summed E-state index contributed by atoms with van der Waals surface area (Å²) < 4.78 is 6.00. The first-order valence-corrected chi connectivity index (χ1v) is 10.0. The van der Waals surface area contributed by atoms with Crippen LogP contribution in [0, 0.1) is 0 Å². The van der Waals surface area contributed by atoms with Crippen molar-refractivity contribution in [1.82, 2.24) is 19.8 Å². The highest BCUT2D eigenvalue weighted by molar-refractivity contribution is 5.95. The summed E-state index contributed by atoms with van der Waals surface area (Å²) in [5.74, 6) is 1.22. The van der Waals surface area contributed by atoms with Gasteiger partial charge in [0.1, 0.15) is 18.2 Å². The van der Waals surface area contributed by atoms with Gasteiger partial charge in [0.15, 0.2) is 0 Å². The summed E-state index contributed by atoms with van der Waals surface area (Å²) in [6.45, 7) is 1.69. The number of hydrogen-bond acceptors (Lipinski definition) is 6. The smallest absolute Gasteiger partial charge is 0.407 e. The number of hydrogen-bond donors (Lipinski definition) is 1. The van der Waals surface area contributed by atoms with Crippen LogP contribution in [-0.4, -0.2) is 76.7 Å². The minimum Gasteiger partial charge on any atom is -0.474 e. The SMILES string of the molecule is CN(C)C(=O)c1ccc2c(c1)CCN2c1cc(OC2CCN(C(=O)O)CC2)ncn1. The fraction of sp³-hybridized carbons (Fsp3) is 0.429. The van der Waals surface area contributed by atoms with Crippen molar-refractivity contribution in [3.63, 3.8) is 0 Å². The first kappa shape index (κ1) is 19.9. The zero-order valence-corrected chi connectivity index (χ0v) is 17.1. The molecule has 2 aliphatic rings. The Balaban J connectivity index is 1.47. The van der Waals surface area contributed by atoms with Gasteiger partial charge in [0.25, 0.3) is 5.91 Å². The third-order valence-corrected chi connectivity index (χ3v) is 5.53. The Labute approximate surface area is 174 Å². The van der Waals surface area contributed by atoms with E-state index in [0.29, 0.717) is 37.4 Å². The maximum atomic E-state index is 12.2. The molecule has 1 aromatic heterocycles. The number of benzene rings is 1. The first-order chi connectivity index (χ1) is 14.4. The van der Waals surface area contributed by atoms with Gasteiger partial charge in [0, 0.05) is 63.9 Å². The van der Waals surface area contributed by atoms with Crippen molar-refractivity contribution < 1.29 is 19.4 Å². The molecule has 9 heteroatoms. The van der Waals surface area contributed by atoms with Crippen LogP contribution in [0.25, 0.3) is 0 Å². The number of likely N-dealkylation sites (tertiary alicyclic amines) is 1. The highest BCUT2D eigenvalue weighted by Crippen LogP contribution is 2.35. The van der Waals surface area contributed by atoms with Gasteiger partial charge in [-0.15, -0.1) is 0 Å². The van der Waals surface area contributed by atoms with Gasteiger partial charge in [-0.05, 0) is 30.2 Å². The molecule has 0 saturated carbocycles. The van der Waals surface area contributed by atoms with Crippen molar-refractivity contribution in [3.8, 4) is 5.88 Å². The minimum atomic E-state index is -0.888. The van der Waals surface area contributed by atoms with Crippen LogP contribution in [0.1, 0.15) is 28.8 Å². The lowest BCUT2D eigenvalue weighted by molar-refractivity contribution is 0.0826. The topological polar surface area (TPSA) is 99.1 Å². The molecule has 1 fully saturated rings. The molecule has 2 amide bonds. The summed E-state index contributed by atoms with van der Waals surface area (Å²) >= 11 is 0. The largest absolute Gasteiger partial charge is 0.474 e. The van der Waals surface area contributed by atoms with Crippen molar-refractivity contribution in [2.45, 2.75) is 25.4 Å². The number of amides is 2. The van der Waals surface area contributed by atoms with E-state index in [2.05, 4.69) is 14.9 Å². The van der Waals surface area contributed by atoms with Crippen LogP contribution in [0.2, 0.25) is 0 Å². The Morgan fingerprint density at radius 1 is 1.13 bits per heavy atom. The third kappa shape index (κ3) is 4.00. The molecule has 1 aromatic carbocycles. The molecule has 0 aliphatic carbocycles. The number of aromatic nitrogens is 2. The molecule has 0 unspecified atom stereocenters. The highest BCUT2D eigenvalue weighted by Gasteiger charge is 2.26. The van der Waals surface area contributed by atoms with E-state index in [1.807, 2.05) is 24.3 Å². The minimum absolute atomic E-state index is 0.0112. The summed E-state index contributed by atoms with van der Waals surface area (Å²) in [6, 6.07) is 7.57. The molecule has 3 heterocycles. The monoisotopic (exact) mass is 411 g/mol. The molecule has 0 atom stereocenters. The summed E-state index contributed by atoms with van der Waals surface area (Å²) in [7, 11) is 3.49. The van der Waals surface area contributed by atoms with Crippen LogP contribution in [-0.2, 0) is 6.42 Å². The van der Waals surface area contributed by atoms with Gasteiger partial charge in [0.05, 0.1) is 0 Å². The van der Waals surface area contributed by atoms with E-state index >= 15 is 0 Å². The van der Waals surface area contributed by atoms with Crippen LogP contribution >= 0.6 is 0 Å². The fourth-order valence-electron chi connectivity index (χ4n) is 3.91. The molecule has 0 bridgehead atoms. The van der Waals surface area contributed by atoms with Crippen LogP contribution in [0.5, 0.6) is 5.88 Å². The number of nitrogens with zero attached hydrogens (tertiary/aromatic N) is 5. The predicted molar refractivity (Wildman–Crippen MR) is 110 cm³/mol. The molecule has 1 saturated heterocycles. The van der Waals surface area contributed by atoms with E-state index in [1.54, 1.807) is 19.0 Å². The van der Waals surface area contributed by atoms with E-state index in [-0.39, 0.29) is 12.0 Å². The number of anilines is 2. The Morgan fingerprint density at radius 3 is 2.60 bits per heavy atom. The number of piperidine rings is 1. The van der Waals surface area contributed by atoms with Crippen molar-refractivity contribution in [3.05, 3.63) is 41.7 Å². The number of carboxylic acid groups (broad SMARTS) is 1. The number of carbonyl (C=O) groups is 2. The summed E-state index contributed by atoms with van der Waals surface area (Å²) in [6.07, 6.45) is 2.65. The molecule has 2 aliphatic heterocycles.